The van der Waals surface area contributed by atoms with Gasteiger partial charge in [-0.3, -0.25) is 0 Å². The number of hydrogen-bond acceptors (Lipinski definition) is 2. The van der Waals surface area contributed by atoms with Crippen molar-refractivity contribution in [2.45, 2.75) is 0 Å². The Labute approximate surface area is 32.3 Å². The van der Waals surface area contributed by atoms with Crippen molar-refractivity contribution in [3.05, 3.63) is 0 Å². The van der Waals surface area contributed by atoms with E-state index in [1.165, 1.54) is 0 Å². The molecule has 4 heteroatoms. The Hall–Kier alpha value is 0.695. The van der Waals surface area contributed by atoms with Gasteiger partial charge in [0.15, 0.2) is 0 Å². The van der Waals surface area contributed by atoms with Crippen molar-refractivity contribution in [2.24, 2.45) is 0 Å². The Morgan fingerprint density at radius 2 is 2.00 bits per heavy atom. The number of hydrogen-bond donors (Lipinski definition) is 1. The molecule has 0 spiro atoms. The van der Waals surface area contributed by atoms with Crippen molar-refractivity contribution in [2.75, 3.05) is 0 Å². The van der Waals surface area contributed by atoms with Gasteiger partial charge in [-0.2, -0.15) is 0 Å². The van der Waals surface area contributed by atoms with E-state index < -0.39 is 9.55 Å². The van der Waals surface area contributed by atoms with Crippen molar-refractivity contribution < 1.29 is 3.89 Å². The molecule has 0 saturated carbocycles. The molecule has 0 aromatic carbocycles. The zero-order chi connectivity index (χ0) is 3.58. The Bertz CT molecular complexity index is 52.2. The van der Waals surface area contributed by atoms with Gasteiger partial charge in [-0.1, -0.05) is 0 Å². The van der Waals surface area contributed by atoms with Gasteiger partial charge in [0.25, 0.3) is 0 Å². The summed E-state index contributed by atoms with van der Waals surface area (Å²) in [6.45, 7) is 4.34. The standard InChI is InChI=1S/BFHS2/c1-4(2)3/h3H/q-1. The van der Waals surface area contributed by atoms with Crippen molar-refractivity contribution in [1.82, 2.24) is 0 Å². The zero-order valence-corrected chi connectivity index (χ0v) is 3.52. The molecule has 0 bridgehead atoms. The fraction of sp³-hybridized carbons (Fsp3) is 0. The van der Waals surface area contributed by atoms with Crippen molar-refractivity contribution in [3.8, 4) is 0 Å². The molecular formula is HBFS2-. The van der Waals surface area contributed by atoms with E-state index in [0.29, 0.717) is 0 Å². The molecule has 0 N–H and O–H groups in total. The molecule has 0 rings (SSSR count). The normalized spacial score (nSPS) is 9.25. The molecule has 0 amide bonds. The van der Waals surface area contributed by atoms with Crippen LogP contribution in [0.25, 0.3) is 0 Å². The molecule has 0 aliphatic carbocycles. The molecule has 0 atom stereocenters. The molecule has 0 heterocycles. The topological polar surface area (TPSA) is 0 Å². The van der Waals surface area contributed by atoms with Gasteiger partial charge in [0.05, 0.1) is 0 Å². The van der Waals surface area contributed by atoms with E-state index in [0.717, 1.165) is 0 Å². The SMILES string of the molecule is B#[S-](F)S. The van der Waals surface area contributed by atoms with Crippen LogP contribution in [0.1, 0.15) is 0 Å². The molecule has 0 unspecified atom stereocenters. The van der Waals surface area contributed by atoms with Crippen LogP contribution in [0, 0.1) is 0 Å². The molecule has 0 aliphatic heterocycles. The monoisotopic (exact) mass is 95.0 g/mol. The Balaban J connectivity index is 3.02. The molecule has 24 valence electrons. The summed E-state index contributed by atoms with van der Waals surface area (Å²) in [6.07, 6.45) is 0. The average Bonchev–Trinajstić information content (AvgIpc) is 0.811. The summed E-state index contributed by atoms with van der Waals surface area (Å²) in [7, 11) is -1.67. The van der Waals surface area contributed by atoms with Crippen LogP contribution in [-0.2, 0) is 9.55 Å². The molecule has 0 aromatic rings. The van der Waals surface area contributed by atoms with Gasteiger partial charge in [-0.15, -0.1) is 0 Å². The predicted molar refractivity (Wildman–Crippen MR) is 23.2 cm³/mol. The summed E-state index contributed by atoms with van der Waals surface area (Å²) in [5.74, 6) is 0. The Morgan fingerprint density at radius 3 is 2.00 bits per heavy atom. The number of rotatable bonds is 0. The maximum atomic E-state index is 10.7. The van der Waals surface area contributed by atoms with Crippen LogP contribution < -0.4 is 0 Å². The molecule has 4 heavy (non-hydrogen) atoms. The van der Waals surface area contributed by atoms with Crippen LogP contribution in [0.5, 0.6) is 0 Å². The summed E-state index contributed by atoms with van der Waals surface area (Å²) < 4.78 is 10.7. The first kappa shape index (κ1) is 4.69. The summed E-state index contributed by atoms with van der Waals surface area (Å²) in [5.41, 5.74) is 0. The van der Waals surface area contributed by atoms with Gasteiger partial charge in [0.1, 0.15) is 0 Å². The second-order valence-corrected chi connectivity index (χ2v) is 1.84. The van der Waals surface area contributed by atoms with Gasteiger partial charge >= 0.3 is 31.6 Å². The molecule has 0 nitrogen and oxygen atoms in total. The summed E-state index contributed by atoms with van der Waals surface area (Å²) in [4.78, 5) is 0. The first-order chi connectivity index (χ1) is 1.73. The van der Waals surface area contributed by atoms with Crippen molar-refractivity contribution in [1.29, 1.82) is 0 Å². The van der Waals surface area contributed by atoms with E-state index in [1.807, 2.05) is 0 Å². The Kier molecular flexibility index (Phi) is 2.31. The average molecular weight is 95.0 g/mol. The number of halogens is 1. The van der Waals surface area contributed by atoms with E-state index >= 15 is 0 Å². The van der Waals surface area contributed by atoms with Crippen LogP contribution in [0.4, 0.5) is 3.89 Å². The summed E-state index contributed by atoms with van der Waals surface area (Å²) >= 11 is 3.10. The van der Waals surface area contributed by atoms with Crippen LogP contribution in [-0.4, -0.2) is 6.53 Å². The second-order valence-electron chi connectivity index (χ2n) is 0.264. The third kappa shape index (κ3) is 16.0. The molecular weight excluding hydrogens is 93.9 g/mol. The first-order valence-electron chi connectivity index (χ1n) is 0.573. The third-order valence-corrected chi connectivity index (χ3v) is 0. The van der Waals surface area contributed by atoms with E-state index in [-0.39, 0.29) is 0 Å². The Morgan fingerprint density at radius 1 is 2.00 bits per heavy atom. The van der Waals surface area contributed by atoms with Gasteiger partial charge < -0.3 is 0 Å². The van der Waals surface area contributed by atoms with Crippen molar-refractivity contribution in [3.63, 3.8) is 0 Å². The van der Waals surface area contributed by atoms with Crippen LogP contribution >= 0.6 is 11.7 Å². The summed E-state index contributed by atoms with van der Waals surface area (Å²) in [5, 5.41) is 0. The fourth-order valence-corrected chi connectivity index (χ4v) is 0. The third-order valence-electron chi connectivity index (χ3n) is 0. The summed E-state index contributed by atoms with van der Waals surface area (Å²) in [6, 6.07) is 0. The second kappa shape index (κ2) is 1.97. The van der Waals surface area contributed by atoms with Crippen molar-refractivity contribution >= 4 is 27.7 Å². The van der Waals surface area contributed by atoms with E-state index in [2.05, 4.69) is 18.2 Å². The van der Waals surface area contributed by atoms with Crippen LogP contribution in [0.2, 0.25) is 0 Å². The minimum atomic E-state index is -1.67. The van der Waals surface area contributed by atoms with Crippen LogP contribution in [0.3, 0.4) is 0 Å². The fourth-order valence-electron chi connectivity index (χ4n) is 0. The van der Waals surface area contributed by atoms with Gasteiger partial charge in [0, 0.05) is 0 Å². The molecule has 0 aromatic heterocycles. The van der Waals surface area contributed by atoms with Gasteiger partial charge in [0.2, 0.25) is 0 Å². The molecule has 0 radical (unpaired) electrons. The predicted octanol–water partition coefficient (Wildman–Crippen LogP) is 0.418. The minimum absolute atomic E-state index is 1.67. The molecule has 0 saturated heterocycles. The van der Waals surface area contributed by atoms with Gasteiger partial charge in [-0.05, 0) is 0 Å². The number of thiol groups is 1. The molecule has 0 fully saturated rings. The van der Waals surface area contributed by atoms with E-state index in [1.54, 1.807) is 0 Å². The zero-order valence-electron chi connectivity index (χ0n) is 1.81. The quantitative estimate of drug-likeness (QED) is 0.191. The maximum absolute atomic E-state index is 10.7. The van der Waals surface area contributed by atoms with E-state index in [9.17, 15) is 3.89 Å². The van der Waals surface area contributed by atoms with Gasteiger partial charge in [-0.25, -0.2) is 0 Å². The molecule has 0 aliphatic rings. The first-order valence-corrected chi connectivity index (χ1v) is 2.81. The van der Waals surface area contributed by atoms with Crippen LogP contribution in [0.15, 0.2) is 0 Å². The van der Waals surface area contributed by atoms with E-state index in [4.69, 9.17) is 0 Å².